The minimum atomic E-state index is -0.515. The Bertz CT molecular complexity index is 148. The standard InChI is InChI=1S/C5H8ClNOS/c6-5-4(7)3(8)1-2-9-5/h3,8H,1-2,7H2. The normalized spacial score (nSPS) is 28.9. The minimum Gasteiger partial charge on any atom is -0.398 e. The Balaban J connectivity index is 2.72. The van der Waals surface area contributed by atoms with E-state index >= 15 is 0 Å². The molecule has 0 aliphatic carbocycles. The maximum absolute atomic E-state index is 9.07. The first-order chi connectivity index (χ1) is 4.22. The second-order valence-corrected chi connectivity index (χ2v) is 3.59. The van der Waals surface area contributed by atoms with Crippen LogP contribution in [0.2, 0.25) is 0 Å². The van der Waals surface area contributed by atoms with Crippen LogP contribution in [0.15, 0.2) is 10.1 Å². The van der Waals surface area contributed by atoms with Gasteiger partial charge < -0.3 is 10.8 Å². The number of hydrogen-bond donors (Lipinski definition) is 2. The smallest absolute Gasteiger partial charge is 0.0960 e. The molecule has 1 unspecified atom stereocenters. The average Bonchev–Trinajstić information content (AvgIpc) is 1.83. The number of nitrogens with two attached hydrogens (primary N) is 1. The highest BCUT2D eigenvalue weighted by atomic mass is 35.5. The summed E-state index contributed by atoms with van der Waals surface area (Å²) in [5.74, 6) is 0.862. The molecule has 2 nitrogen and oxygen atoms in total. The van der Waals surface area contributed by atoms with Gasteiger partial charge in [0.05, 0.1) is 16.2 Å². The van der Waals surface area contributed by atoms with Crippen molar-refractivity contribution in [2.24, 2.45) is 5.73 Å². The summed E-state index contributed by atoms with van der Waals surface area (Å²) in [5, 5.41) is 9.07. The second kappa shape index (κ2) is 2.82. The predicted octanol–water partition coefficient (Wildman–Crippen LogP) is 0.851. The second-order valence-electron chi connectivity index (χ2n) is 1.88. The van der Waals surface area contributed by atoms with Crippen LogP contribution < -0.4 is 5.73 Å². The lowest BCUT2D eigenvalue weighted by atomic mass is 10.2. The van der Waals surface area contributed by atoms with Gasteiger partial charge in [0, 0.05) is 5.75 Å². The van der Waals surface area contributed by atoms with Crippen LogP contribution in [-0.4, -0.2) is 17.0 Å². The van der Waals surface area contributed by atoms with Gasteiger partial charge in [-0.05, 0) is 6.42 Å². The SMILES string of the molecule is NC1=C(Cl)SCCC1O. The fourth-order valence-electron chi connectivity index (χ4n) is 0.630. The van der Waals surface area contributed by atoms with Crippen molar-refractivity contribution in [3.63, 3.8) is 0 Å². The Morgan fingerprint density at radius 3 is 2.89 bits per heavy atom. The Kier molecular flexibility index (Phi) is 2.27. The molecule has 0 aromatic heterocycles. The topological polar surface area (TPSA) is 46.2 Å². The number of aliphatic hydroxyl groups is 1. The van der Waals surface area contributed by atoms with Crippen LogP contribution in [0.4, 0.5) is 0 Å². The maximum atomic E-state index is 9.07. The molecule has 1 aliphatic heterocycles. The highest BCUT2D eigenvalue weighted by molar-refractivity contribution is 8.04. The number of aliphatic hydroxyl groups excluding tert-OH is 1. The highest BCUT2D eigenvalue weighted by Gasteiger charge is 2.16. The molecular formula is C5H8ClNOS. The zero-order chi connectivity index (χ0) is 6.85. The molecule has 1 aliphatic rings. The predicted molar refractivity (Wildman–Crippen MR) is 40.1 cm³/mol. The zero-order valence-electron chi connectivity index (χ0n) is 4.80. The first-order valence-electron chi connectivity index (χ1n) is 2.68. The van der Waals surface area contributed by atoms with Crippen molar-refractivity contribution in [1.82, 2.24) is 0 Å². The maximum Gasteiger partial charge on any atom is 0.0960 e. The molecule has 1 rings (SSSR count). The highest BCUT2D eigenvalue weighted by Crippen LogP contribution is 2.29. The number of thioether (sulfide) groups is 1. The molecule has 0 spiro atoms. The van der Waals surface area contributed by atoms with Gasteiger partial charge in [0.2, 0.25) is 0 Å². The summed E-state index contributed by atoms with van der Waals surface area (Å²) < 4.78 is 0.550. The van der Waals surface area contributed by atoms with Gasteiger partial charge in [0.15, 0.2) is 0 Å². The van der Waals surface area contributed by atoms with Gasteiger partial charge in [-0.1, -0.05) is 11.6 Å². The molecule has 0 aromatic rings. The van der Waals surface area contributed by atoms with E-state index in [-0.39, 0.29) is 0 Å². The van der Waals surface area contributed by atoms with Gasteiger partial charge in [-0.3, -0.25) is 0 Å². The van der Waals surface area contributed by atoms with E-state index in [0.717, 1.165) is 5.75 Å². The lowest BCUT2D eigenvalue weighted by Crippen LogP contribution is -2.21. The van der Waals surface area contributed by atoms with Gasteiger partial charge in [0.1, 0.15) is 0 Å². The molecule has 3 N–H and O–H groups in total. The average molecular weight is 166 g/mol. The van der Waals surface area contributed by atoms with Crippen LogP contribution in [0.3, 0.4) is 0 Å². The quantitative estimate of drug-likeness (QED) is 0.560. The summed E-state index contributed by atoms with van der Waals surface area (Å²) in [4.78, 5) is 0. The molecule has 0 radical (unpaired) electrons. The molecule has 52 valence electrons. The van der Waals surface area contributed by atoms with E-state index in [1.54, 1.807) is 0 Å². The van der Waals surface area contributed by atoms with Crippen molar-refractivity contribution in [2.75, 3.05) is 5.75 Å². The van der Waals surface area contributed by atoms with Crippen LogP contribution >= 0.6 is 23.4 Å². The molecule has 0 saturated carbocycles. The van der Waals surface area contributed by atoms with E-state index in [9.17, 15) is 0 Å². The van der Waals surface area contributed by atoms with E-state index in [1.165, 1.54) is 11.8 Å². The minimum absolute atomic E-state index is 0.424. The summed E-state index contributed by atoms with van der Waals surface area (Å²) in [5.41, 5.74) is 5.82. The van der Waals surface area contributed by atoms with Crippen molar-refractivity contribution in [2.45, 2.75) is 12.5 Å². The van der Waals surface area contributed by atoms with Gasteiger partial charge in [-0.25, -0.2) is 0 Å². The van der Waals surface area contributed by atoms with Gasteiger partial charge in [0.25, 0.3) is 0 Å². The fraction of sp³-hybridized carbons (Fsp3) is 0.600. The third-order valence-electron chi connectivity index (χ3n) is 1.21. The van der Waals surface area contributed by atoms with Gasteiger partial charge in [-0.15, -0.1) is 11.8 Å². The van der Waals surface area contributed by atoms with Crippen molar-refractivity contribution < 1.29 is 5.11 Å². The summed E-state index contributed by atoms with van der Waals surface area (Å²) in [6.07, 6.45) is 0.200. The summed E-state index contributed by atoms with van der Waals surface area (Å²) in [6.45, 7) is 0. The monoisotopic (exact) mass is 165 g/mol. The van der Waals surface area contributed by atoms with Crippen LogP contribution in [0.25, 0.3) is 0 Å². The van der Waals surface area contributed by atoms with E-state index in [1.807, 2.05) is 0 Å². The molecule has 9 heavy (non-hydrogen) atoms. The van der Waals surface area contributed by atoms with E-state index in [4.69, 9.17) is 22.4 Å². The molecule has 0 aromatic carbocycles. The zero-order valence-corrected chi connectivity index (χ0v) is 6.37. The molecule has 4 heteroatoms. The lowest BCUT2D eigenvalue weighted by molar-refractivity contribution is 0.205. The lowest BCUT2D eigenvalue weighted by Gasteiger charge is -2.17. The van der Waals surface area contributed by atoms with Crippen molar-refractivity contribution >= 4 is 23.4 Å². The molecule has 0 bridgehead atoms. The Hall–Kier alpha value is 0.140. The van der Waals surface area contributed by atoms with Gasteiger partial charge in [-0.2, -0.15) is 0 Å². The van der Waals surface area contributed by atoms with Crippen molar-refractivity contribution in [1.29, 1.82) is 0 Å². The number of halogens is 1. The number of hydrogen-bond acceptors (Lipinski definition) is 3. The Morgan fingerprint density at radius 1 is 1.78 bits per heavy atom. The van der Waals surface area contributed by atoms with Crippen LogP contribution in [0, 0.1) is 0 Å². The molecule has 0 fully saturated rings. The summed E-state index contributed by atoms with van der Waals surface area (Å²) >= 11 is 7.11. The number of rotatable bonds is 0. The third kappa shape index (κ3) is 1.53. The van der Waals surface area contributed by atoms with Gasteiger partial charge >= 0.3 is 0 Å². The summed E-state index contributed by atoms with van der Waals surface area (Å²) in [7, 11) is 0. The Morgan fingerprint density at radius 2 is 2.44 bits per heavy atom. The van der Waals surface area contributed by atoms with E-state index in [0.29, 0.717) is 16.5 Å². The first kappa shape index (κ1) is 7.25. The summed E-state index contributed by atoms with van der Waals surface area (Å²) in [6, 6.07) is 0. The van der Waals surface area contributed by atoms with Crippen LogP contribution in [0.1, 0.15) is 6.42 Å². The van der Waals surface area contributed by atoms with E-state index in [2.05, 4.69) is 0 Å². The first-order valence-corrected chi connectivity index (χ1v) is 4.04. The molecule has 0 amide bonds. The van der Waals surface area contributed by atoms with Crippen molar-refractivity contribution in [3.8, 4) is 0 Å². The molecular weight excluding hydrogens is 158 g/mol. The van der Waals surface area contributed by atoms with Crippen LogP contribution in [0.5, 0.6) is 0 Å². The Labute approximate surface area is 63.1 Å². The van der Waals surface area contributed by atoms with Crippen LogP contribution in [-0.2, 0) is 0 Å². The van der Waals surface area contributed by atoms with Crippen molar-refractivity contribution in [3.05, 3.63) is 10.1 Å². The largest absolute Gasteiger partial charge is 0.398 e. The molecule has 0 saturated heterocycles. The fourth-order valence-corrected chi connectivity index (χ4v) is 1.81. The van der Waals surface area contributed by atoms with E-state index < -0.39 is 6.10 Å². The molecule has 1 heterocycles. The third-order valence-corrected chi connectivity index (χ3v) is 2.68. The molecule has 1 atom stereocenters.